The van der Waals surface area contributed by atoms with Crippen LogP contribution in [0.25, 0.3) is 0 Å². The van der Waals surface area contributed by atoms with Crippen LogP contribution in [0.3, 0.4) is 0 Å². The van der Waals surface area contributed by atoms with Gasteiger partial charge in [-0.3, -0.25) is 0 Å². The number of hydrogen-bond acceptors (Lipinski definition) is 4. The van der Waals surface area contributed by atoms with Crippen LogP contribution in [0.15, 0.2) is 5.38 Å². The minimum atomic E-state index is 0.175. The monoisotopic (exact) mass is 199 g/mol. The van der Waals surface area contributed by atoms with Crippen molar-refractivity contribution in [3.63, 3.8) is 0 Å². The van der Waals surface area contributed by atoms with Crippen LogP contribution in [0.2, 0.25) is 0 Å². The number of aliphatic hydroxyl groups excluding tert-OH is 1. The molecule has 0 amide bonds. The van der Waals surface area contributed by atoms with Crippen molar-refractivity contribution in [2.45, 2.75) is 25.4 Å². The highest BCUT2D eigenvalue weighted by molar-refractivity contribution is 7.09. The van der Waals surface area contributed by atoms with Crippen molar-refractivity contribution in [3.05, 3.63) is 16.1 Å². The highest BCUT2D eigenvalue weighted by atomic mass is 32.1. The average molecular weight is 199 g/mol. The Bertz CT molecular complexity index is 268. The van der Waals surface area contributed by atoms with E-state index in [4.69, 9.17) is 9.84 Å². The number of rotatable bonds is 3. The third kappa shape index (κ3) is 2.07. The molecule has 1 N–H and O–H groups in total. The number of ether oxygens (including phenoxy) is 1. The molecule has 0 saturated carbocycles. The molecule has 0 radical (unpaired) electrons. The molecule has 0 bridgehead atoms. The highest BCUT2D eigenvalue weighted by Crippen LogP contribution is 2.30. The second kappa shape index (κ2) is 4.17. The molecule has 1 aliphatic heterocycles. The molecule has 1 atom stereocenters. The lowest BCUT2D eigenvalue weighted by molar-refractivity contribution is 0.111. The Balaban J connectivity index is 2.03. The summed E-state index contributed by atoms with van der Waals surface area (Å²) < 4.78 is 5.52. The molecular weight excluding hydrogens is 186 g/mol. The molecule has 1 aliphatic rings. The van der Waals surface area contributed by atoms with Gasteiger partial charge in [-0.15, -0.1) is 11.3 Å². The van der Waals surface area contributed by atoms with Crippen LogP contribution < -0.4 is 0 Å². The smallest absolute Gasteiger partial charge is 0.122 e. The van der Waals surface area contributed by atoms with Crippen LogP contribution in [0, 0.1) is 0 Å². The third-order valence-electron chi connectivity index (χ3n) is 2.14. The van der Waals surface area contributed by atoms with Gasteiger partial charge in [0, 0.05) is 25.0 Å². The molecule has 0 spiro atoms. The van der Waals surface area contributed by atoms with E-state index in [0.717, 1.165) is 30.2 Å². The van der Waals surface area contributed by atoms with Gasteiger partial charge in [0.1, 0.15) is 11.1 Å². The van der Waals surface area contributed by atoms with Crippen molar-refractivity contribution in [2.24, 2.45) is 0 Å². The Kier molecular flexibility index (Phi) is 2.93. The van der Waals surface area contributed by atoms with Crippen molar-refractivity contribution in [2.75, 3.05) is 13.2 Å². The lowest BCUT2D eigenvalue weighted by Gasteiger charge is -2.03. The third-order valence-corrected chi connectivity index (χ3v) is 3.13. The lowest BCUT2D eigenvalue weighted by Crippen LogP contribution is -1.96. The molecule has 2 heterocycles. The van der Waals surface area contributed by atoms with Crippen molar-refractivity contribution in [1.82, 2.24) is 4.98 Å². The Morgan fingerprint density at radius 1 is 1.69 bits per heavy atom. The maximum Gasteiger partial charge on any atom is 0.122 e. The van der Waals surface area contributed by atoms with E-state index < -0.39 is 0 Å². The predicted octanol–water partition coefficient (Wildman–Crippen LogP) is 1.53. The first-order valence-corrected chi connectivity index (χ1v) is 5.45. The first-order valence-electron chi connectivity index (χ1n) is 4.57. The predicted molar refractivity (Wildman–Crippen MR) is 50.8 cm³/mol. The maximum atomic E-state index is 8.73. The second-order valence-corrected chi connectivity index (χ2v) is 4.04. The number of aromatic nitrogens is 1. The molecule has 2 rings (SSSR count). The number of thiazole rings is 1. The van der Waals surface area contributed by atoms with Gasteiger partial charge in [0.25, 0.3) is 0 Å². The van der Waals surface area contributed by atoms with Gasteiger partial charge in [0.15, 0.2) is 0 Å². The Morgan fingerprint density at radius 3 is 3.31 bits per heavy atom. The molecule has 0 aliphatic carbocycles. The van der Waals surface area contributed by atoms with Gasteiger partial charge in [-0.05, 0) is 12.8 Å². The Hall–Kier alpha value is -0.450. The van der Waals surface area contributed by atoms with Gasteiger partial charge in [-0.2, -0.15) is 0 Å². The number of hydrogen-bond donors (Lipinski definition) is 1. The van der Waals surface area contributed by atoms with Gasteiger partial charge in [0.05, 0.1) is 5.69 Å². The van der Waals surface area contributed by atoms with E-state index in [9.17, 15) is 0 Å². The summed E-state index contributed by atoms with van der Waals surface area (Å²) in [6.45, 7) is 1.04. The fourth-order valence-electron chi connectivity index (χ4n) is 1.47. The van der Waals surface area contributed by atoms with E-state index >= 15 is 0 Å². The van der Waals surface area contributed by atoms with Crippen LogP contribution in [0.1, 0.15) is 29.6 Å². The molecule has 13 heavy (non-hydrogen) atoms. The lowest BCUT2D eigenvalue weighted by atomic mass is 10.2. The summed E-state index contributed by atoms with van der Waals surface area (Å²) in [6.07, 6.45) is 3.10. The van der Waals surface area contributed by atoms with Gasteiger partial charge in [0.2, 0.25) is 0 Å². The number of nitrogens with zero attached hydrogens (tertiary/aromatic N) is 1. The summed E-state index contributed by atoms with van der Waals surface area (Å²) >= 11 is 1.64. The first-order chi connectivity index (χ1) is 6.40. The minimum Gasteiger partial charge on any atom is -0.396 e. The maximum absolute atomic E-state index is 8.73. The molecule has 1 fully saturated rings. The van der Waals surface area contributed by atoms with Crippen molar-refractivity contribution in [3.8, 4) is 0 Å². The summed E-state index contributed by atoms with van der Waals surface area (Å²) in [5.74, 6) is 0. The summed E-state index contributed by atoms with van der Waals surface area (Å²) in [6, 6.07) is 0. The molecule has 72 valence electrons. The van der Waals surface area contributed by atoms with Crippen LogP contribution in [-0.2, 0) is 11.2 Å². The standard InChI is InChI=1S/C9H13NO2S/c11-4-3-7-6-13-9(10-7)8-2-1-5-12-8/h6,8,11H,1-5H2. The fourth-order valence-corrected chi connectivity index (χ4v) is 2.41. The topological polar surface area (TPSA) is 42.4 Å². The van der Waals surface area contributed by atoms with Crippen LogP contribution in [0.4, 0.5) is 0 Å². The fraction of sp³-hybridized carbons (Fsp3) is 0.667. The Morgan fingerprint density at radius 2 is 2.62 bits per heavy atom. The minimum absolute atomic E-state index is 0.175. The molecule has 4 heteroatoms. The molecule has 1 aromatic heterocycles. The summed E-state index contributed by atoms with van der Waals surface area (Å²) in [5, 5.41) is 11.8. The average Bonchev–Trinajstić information content (AvgIpc) is 2.70. The zero-order valence-corrected chi connectivity index (χ0v) is 8.22. The van der Waals surface area contributed by atoms with Crippen molar-refractivity contribution in [1.29, 1.82) is 0 Å². The van der Waals surface area contributed by atoms with Crippen LogP contribution in [0.5, 0.6) is 0 Å². The summed E-state index contributed by atoms with van der Waals surface area (Å²) in [4.78, 5) is 4.42. The summed E-state index contributed by atoms with van der Waals surface area (Å²) in [5.41, 5.74) is 0.984. The molecular formula is C9H13NO2S. The van der Waals surface area contributed by atoms with Crippen LogP contribution >= 0.6 is 11.3 Å². The van der Waals surface area contributed by atoms with E-state index in [-0.39, 0.29) is 12.7 Å². The second-order valence-electron chi connectivity index (χ2n) is 3.15. The summed E-state index contributed by atoms with van der Waals surface area (Å²) in [7, 11) is 0. The largest absolute Gasteiger partial charge is 0.396 e. The molecule has 0 aromatic carbocycles. The van der Waals surface area contributed by atoms with Gasteiger partial charge in [-0.25, -0.2) is 4.98 Å². The number of aliphatic hydroxyl groups is 1. The van der Waals surface area contributed by atoms with E-state index in [1.54, 1.807) is 11.3 Å². The Labute approximate surface area is 81.4 Å². The van der Waals surface area contributed by atoms with E-state index in [0.29, 0.717) is 6.42 Å². The van der Waals surface area contributed by atoms with Gasteiger partial charge < -0.3 is 9.84 Å². The normalized spacial score (nSPS) is 22.4. The molecule has 3 nitrogen and oxygen atoms in total. The van der Waals surface area contributed by atoms with Gasteiger partial charge >= 0.3 is 0 Å². The molecule has 1 saturated heterocycles. The van der Waals surface area contributed by atoms with Crippen LogP contribution in [-0.4, -0.2) is 23.3 Å². The highest BCUT2D eigenvalue weighted by Gasteiger charge is 2.20. The van der Waals surface area contributed by atoms with Crippen molar-refractivity contribution >= 4 is 11.3 Å². The van der Waals surface area contributed by atoms with E-state index in [1.165, 1.54) is 0 Å². The molecule has 1 aromatic rings. The quantitative estimate of drug-likeness (QED) is 0.802. The first kappa shape index (κ1) is 9.12. The van der Waals surface area contributed by atoms with Gasteiger partial charge in [-0.1, -0.05) is 0 Å². The zero-order valence-electron chi connectivity index (χ0n) is 7.40. The van der Waals surface area contributed by atoms with E-state index in [1.807, 2.05) is 5.38 Å². The van der Waals surface area contributed by atoms with Crippen molar-refractivity contribution < 1.29 is 9.84 Å². The zero-order chi connectivity index (χ0) is 9.10. The van der Waals surface area contributed by atoms with E-state index in [2.05, 4.69) is 4.98 Å². The SMILES string of the molecule is OCCc1csc(C2CCCO2)n1. The molecule has 1 unspecified atom stereocenters.